The SMILES string of the molecule is Cc1nnc(NC(=O)c2cc(Cl)ncc2N)nc1C. The Labute approximate surface area is 114 Å². The number of anilines is 2. The Morgan fingerprint density at radius 2 is 2.05 bits per heavy atom. The van der Waals surface area contributed by atoms with Crippen LogP contribution in [-0.4, -0.2) is 26.1 Å². The molecule has 2 heterocycles. The van der Waals surface area contributed by atoms with Crippen molar-refractivity contribution >= 4 is 29.1 Å². The summed E-state index contributed by atoms with van der Waals surface area (Å²) in [7, 11) is 0. The molecule has 0 aliphatic heterocycles. The number of aromatic nitrogens is 4. The summed E-state index contributed by atoms with van der Waals surface area (Å²) >= 11 is 5.72. The Morgan fingerprint density at radius 1 is 1.32 bits per heavy atom. The topological polar surface area (TPSA) is 107 Å². The number of aryl methyl sites for hydroxylation is 2. The fourth-order valence-corrected chi connectivity index (χ4v) is 1.47. The monoisotopic (exact) mass is 278 g/mol. The quantitative estimate of drug-likeness (QED) is 0.804. The molecule has 7 nitrogen and oxygen atoms in total. The van der Waals surface area contributed by atoms with E-state index in [4.69, 9.17) is 17.3 Å². The van der Waals surface area contributed by atoms with Crippen LogP contribution in [0.5, 0.6) is 0 Å². The van der Waals surface area contributed by atoms with E-state index in [2.05, 4.69) is 25.5 Å². The number of pyridine rings is 1. The molecule has 0 bridgehead atoms. The van der Waals surface area contributed by atoms with Crippen molar-refractivity contribution in [1.29, 1.82) is 0 Å². The van der Waals surface area contributed by atoms with Crippen molar-refractivity contribution in [2.75, 3.05) is 11.1 Å². The molecule has 98 valence electrons. The van der Waals surface area contributed by atoms with Crippen LogP contribution in [-0.2, 0) is 0 Å². The molecule has 0 saturated heterocycles. The zero-order valence-corrected chi connectivity index (χ0v) is 11.1. The number of nitrogens with one attached hydrogen (secondary N) is 1. The van der Waals surface area contributed by atoms with Crippen molar-refractivity contribution in [3.8, 4) is 0 Å². The van der Waals surface area contributed by atoms with E-state index in [9.17, 15) is 4.79 Å². The average molecular weight is 279 g/mol. The van der Waals surface area contributed by atoms with E-state index in [0.29, 0.717) is 11.4 Å². The molecule has 0 aliphatic rings. The normalized spacial score (nSPS) is 10.3. The van der Waals surface area contributed by atoms with Crippen LogP contribution >= 0.6 is 11.6 Å². The van der Waals surface area contributed by atoms with Crippen LogP contribution in [0.15, 0.2) is 12.3 Å². The molecule has 2 aromatic heterocycles. The van der Waals surface area contributed by atoms with Gasteiger partial charge >= 0.3 is 0 Å². The summed E-state index contributed by atoms with van der Waals surface area (Å²) in [5, 5.41) is 10.3. The van der Waals surface area contributed by atoms with Gasteiger partial charge in [0.15, 0.2) is 0 Å². The van der Waals surface area contributed by atoms with Crippen molar-refractivity contribution in [2.45, 2.75) is 13.8 Å². The number of nitrogens with two attached hydrogens (primary N) is 1. The number of hydrogen-bond donors (Lipinski definition) is 2. The van der Waals surface area contributed by atoms with Gasteiger partial charge in [0.05, 0.1) is 28.8 Å². The third-order valence-electron chi connectivity index (χ3n) is 2.46. The Bertz CT molecular complexity index is 645. The average Bonchev–Trinajstić information content (AvgIpc) is 2.36. The lowest BCUT2D eigenvalue weighted by Gasteiger charge is -2.06. The van der Waals surface area contributed by atoms with Gasteiger partial charge in [-0.2, -0.15) is 5.10 Å². The van der Waals surface area contributed by atoms with Crippen molar-refractivity contribution in [3.63, 3.8) is 0 Å². The Balaban J connectivity index is 2.25. The van der Waals surface area contributed by atoms with Crippen LogP contribution in [0.1, 0.15) is 21.7 Å². The summed E-state index contributed by atoms with van der Waals surface area (Å²) in [6.07, 6.45) is 1.32. The number of carbonyl (C=O) groups is 1. The highest BCUT2D eigenvalue weighted by molar-refractivity contribution is 6.30. The van der Waals surface area contributed by atoms with E-state index >= 15 is 0 Å². The molecule has 1 amide bonds. The third kappa shape index (κ3) is 2.94. The number of carbonyl (C=O) groups excluding carboxylic acids is 1. The van der Waals surface area contributed by atoms with Crippen LogP contribution in [0, 0.1) is 13.8 Å². The van der Waals surface area contributed by atoms with Crippen molar-refractivity contribution in [2.24, 2.45) is 0 Å². The standard InChI is InChI=1S/C11H11ClN6O/c1-5-6(2)17-18-11(15-5)16-10(19)7-3-9(12)14-4-8(7)13/h3-4H,13H2,1-2H3,(H,15,16,18,19). The fraction of sp³-hybridized carbons (Fsp3) is 0.182. The van der Waals surface area contributed by atoms with Gasteiger partial charge in [-0.05, 0) is 19.9 Å². The van der Waals surface area contributed by atoms with Crippen molar-refractivity contribution in [1.82, 2.24) is 20.2 Å². The minimum absolute atomic E-state index is 0.112. The first-order valence-electron chi connectivity index (χ1n) is 5.37. The lowest BCUT2D eigenvalue weighted by atomic mass is 10.2. The number of nitrogens with zero attached hydrogens (tertiary/aromatic N) is 4. The summed E-state index contributed by atoms with van der Waals surface area (Å²) in [5.41, 5.74) is 7.48. The fourth-order valence-electron chi connectivity index (χ4n) is 1.32. The van der Waals surface area contributed by atoms with Gasteiger partial charge in [-0.1, -0.05) is 11.6 Å². The third-order valence-corrected chi connectivity index (χ3v) is 2.67. The van der Waals surface area contributed by atoms with Gasteiger partial charge in [0.25, 0.3) is 5.91 Å². The van der Waals surface area contributed by atoms with Crippen LogP contribution in [0.4, 0.5) is 11.6 Å². The second-order valence-corrected chi connectivity index (χ2v) is 4.24. The molecular weight excluding hydrogens is 268 g/mol. The number of nitrogen functional groups attached to an aromatic ring is 1. The second kappa shape index (κ2) is 5.15. The Morgan fingerprint density at radius 3 is 2.74 bits per heavy atom. The van der Waals surface area contributed by atoms with E-state index in [1.807, 2.05) is 0 Å². The molecule has 0 aromatic carbocycles. The molecule has 0 fully saturated rings. The molecule has 8 heteroatoms. The van der Waals surface area contributed by atoms with Crippen LogP contribution in [0.2, 0.25) is 5.15 Å². The first-order chi connectivity index (χ1) is 8.97. The molecule has 2 aromatic rings. The summed E-state index contributed by atoms with van der Waals surface area (Å²) in [6.45, 7) is 3.55. The highest BCUT2D eigenvalue weighted by Crippen LogP contribution is 2.16. The minimum atomic E-state index is -0.466. The molecule has 0 aliphatic carbocycles. The van der Waals surface area contributed by atoms with Gasteiger partial charge in [-0.3, -0.25) is 10.1 Å². The second-order valence-electron chi connectivity index (χ2n) is 3.85. The lowest BCUT2D eigenvalue weighted by molar-refractivity contribution is 0.102. The van der Waals surface area contributed by atoms with E-state index < -0.39 is 5.91 Å². The maximum Gasteiger partial charge on any atom is 0.260 e. The first-order valence-corrected chi connectivity index (χ1v) is 5.75. The van der Waals surface area contributed by atoms with Gasteiger partial charge in [0, 0.05) is 0 Å². The summed E-state index contributed by atoms with van der Waals surface area (Å²) < 4.78 is 0. The molecular formula is C11H11ClN6O. The Kier molecular flexibility index (Phi) is 3.57. The Hall–Kier alpha value is -2.28. The molecule has 0 spiro atoms. The predicted molar refractivity (Wildman–Crippen MR) is 70.9 cm³/mol. The van der Waals surface area contributed by atoms with Gasteiger partial charge in [-0.15, -0.1) is 5.10 Å². The highest BCUT2D eigenvalue weighted by atomic mass is 35.5. The predicted octanol–water partition coefficient (Wildman–Crippen LogP) is 1.37. The van der Waals surface area contributed by atoms with E-state index in [-0.39, 0.29) is 22.4 Å². The number of hydrogen-bond acceptors (Lipinski definition) is 6. The summed E-state index contributed by atoms with van der Waals surface area (Å²) in [4.78, 5) is 19.9. The van der Waals surface area contributed by atoms with E-state index in [0.717, 1.165) is 0 Å². The number of amides is 1. The molecule has 2 rings (SSSR count). The summed E-state index contributed by atoms with van der Waals surface area (Å²) in [6, 6.07) is 1.38. The maximum atomic E-state index is 12.0. The van der Waals surface area contributed by atoms with Crippen molar-refractivity contribution in [3.05, 3.63) is 34.4 Å². The smallest absolute Gasteiger partial charge is 0.260 e. The van der Waals surface area contributed by atoms with E-state index in [1.54, 1.807) is 13.8 Å². The largest absolute Gasteiger partial charge is 0.397 e. The number of rotatable bonds is 2. The van der Waals surface area contributed by atoms with Crippen LogP contribution < -0.4 is 11.1 Å². The lowest BCUT2D eigenvalue weighted by Crippen LogP contribution is -2.17. The first kappa shape index (κ1) is 13.2. The molecule has 0 atom stereocenters. The van der Waals surface area contributed by atoms with Crippen LogP contribution in [0.3, 0.4) is 0 Å². The van der Waals surface area contributed by atoms with E-state index in [1.165, 1.54) is 12.3 Å². The highest BCUT2D eigenvalue weighted by Gasteiger charge is 2.13. The van der Waals surface area contributed by atoms with Crippen molar-refractivity contribution < 1.29 is 4.79 Å². The molecule has 0 radical (unpaired) electrons. The number of halogens is 1. The summed E-state index contributed by atoms with van der Waals surface area (Å²) in [5.74, 6) is -0.354. The van der Waals surface area contributed by atoms with Gasteiger partial charge < -0.3 is 5.73 Å². The maximum absolute atomic E-state index is 12.0. The van der Waals surface area contributed by atoms with Gasteiger partial charge in [0.2, 0.25) is 5.95 Å². The zero-order valence-electron chi connectivity index (χ0n) is 10.3. The minimum Gasteiger partial charge on any atom is -0.397 e. The zero-order chi connectivity index (χ0) is 14.0. The molecule has 0 saturated carbocycles. The molecule has 0 unspecified atom stereocenters. The van der Waals surface area contributed by atoms with Crippen LogP contribution in [0.25, 0.3) is 0 Å². The van der Waals surface area contributed by atoms with Gasteiger partial charge in [-0.25, -0.2) is 9.97 Å². The molecule has 3 N–H and O–H groups in total. The van der Waals surface area contributed by atoms with Gasteiger partial charge in [0.1, 0.15) is 5.15 Å². The molecule has 19 heavy (non-hydrogen) atoms.